The number of para-hydroxylation sites is 1. The first-order valence-corrected chi connectivity index (χ1v) is 6.75. The lowest BCUT2D eigenvalue weighted by atomic mass is 10.1. The molecule has 2 aromatic carbocycles. The van der Waals surface area contributed by atoms with Gasteiger partial charge in [0, 0.05) is 21.3 Å². The summed E-state index contributed by atoms with van der Waals surface area (Å²) >= 11 is 12.2. The molecule has 0 aliphatic carbocycles. The van der Waals surface area contributed by atoms with Crippen LogP contribution in [-0.4, -0.2) is 11.1 Å². The lowest BCUT2D eigenvalue weighted by Crippen LogP contribution is -2.21. The number of rotatable bonds is 4. The molecule has 1 atom stereocenters. The third kappa shape index (κ3) is 3.06. The molecule has 0 amide bonds. The third-order valence-electron chi connectivity index (χ3n) is 2.98. The average molecular weight is 310 g/mol. The molecule has 104 valence electrons. The number of hydrogen-bond acceptors (Lipinski definition) is 2. The zero-order chi connectivity index (χ0) is 14.7. The molecule has 0 bridgehead atoms. The lowest BCUT2D eigenvalue weighted by molar-refractivity contribution is -0.138. The van der Waals surface area contributed by atoms with Crippen LogP contribution in [-0.2, 0) is 4.79 Å². The maximum Gasteiger partial charge on any atom is 0.330 e. The van der Waals surface area contributed by atoms with Crippen molar-refractivity contribution in [3.05, 3.63) is 63.6 Å². The van der Waals surface area contributed by atoms with E-state index in [2.05, 4.69) is 5.32 Å². The molecule has 2 rings (SSSR count). The standard InChI is InChI=1S/C15H13Cl2NO2/c1-9-5-2-3-8-12(9)18-14(15(19)20)13-10(16)6-4-7-11(13)17/h2-8,14,18H,1H3,(H,19,20). The van der Waals surface area contributed by atoms with Crippen LogP contribution in [0.2, 0.25) is 10.0 Å². The Morgan fingerprint density at radius 1 is 1.10 bits per heavy atom. The molecule has 0 spiro atoms. The number of carboxylic acid groups (broad SMARTS) is 1. The van der Waals surface area contributed by atoms with Gasteiger partial charge in [-0.15, -0.1) is 0 Å². The summed E-state index contributed by atoms with van der Waals surface area (Å²) in [6.07, 6.45) is 0. The average Bonchev–Trinajstić information content (AvgIpc) is 2.39. The van der Waals surface area contributed by atoms with Gasteiger partial charge in [0.15, 0.2) is 6.04 Å². The first kappa shape index (κ1) is 14.7. The molecule has 0 aromatic heterocycles. The summed E-state index contributed by atoms with van der Waals surface area (Å²) in [4.78, 5) is 11.5. The van der Waals surface area contributed by atoms with Crippen LogP contribution in [0.5, 0.6) is 0 Å². The largest absolute Gasteiger partial charge is 0.479 e. The molecule has 0 aliphatic heterocycles. The van der Waals surface area contributed by atoms with Gasteiger partial charge in [0.05, 0.1) is 0 Å². The van der Waals surface area contributed by atoms with Crippen LogP contribution in [0.15, 0.2) is 42.5 Å². The number of benzene rings is 2. The second kappa shape index (κ2) is 6.16. The van der Waals surface area contributed by atoms with Crippen molar-refractivity contribution in [3.63, 3.8) is 0 Å². The summed E-state index contributed by atoms with van der Waals surface area (Å²) in [5.74, 6) is -1.04. The molecule has 0 heterocycles. The molecule has 0 aliphatic rings. The Morgan fingerprint density at radius 3 is 2.25 bits per heavy atom. The van der Waals surface area contributed by atoms with E-state index >= 15 is 0 Å². The number of nitrogens with one attached hydrogen (secondary N) is 1. The Kier molecular flexibility index (Phi) is 4.53. The van der Waals surface area contributed by atoms with E-state index in [1.54, 1.807) is 18.2 Å². The second-order valence-corrected chi connectivity index (χ2v) is 5.18. The van der Waals surface area contributed by atoms with Crippen molar-refractivity contribution in [1.82, 2.24) is 0 Å². The zero-order valence-electron chi connectivity index (χ0n) is 10.7. The topological polar surface area (TPSA) is 49.3 Å². The maximum absolute atomic E-state index is 11.5. The number of carboxylic acids is 1. The number of carbonyl (C=O) groups is 1. The van der Waals surface area contributed by atoms with Gasteiger partial charge in [-0.05, 0) is 30.7 Å². The number of aliphatic carboxylic acids is 1. The van der Waals surface area contributed by atoms with E-state index in [0.717, 1.165) is 11.3 Å². The first-order valence-electron chi connectivity index (χ1n) is 5.99. The highest BCUT2D eigenvalue weighted by Crippen LogP contribution is 2.33. The monoisotopic (exact) mass is 309 g/mol. The van der Waals surface area contributed by atoms with Crippen LogP contribution in [0.1, 0.15) is 17.2 Å². The SMILES string of the molecule is Cc1ccccc1NC(C(=O)O)c1c(Cl)cccc1Cl. The Bertz CT molecular complexity index is 623. The van der Waals surface area contributed by atoms with Gasteiger partial charge in [0.25, 0.3) is 0 Å². The minimum atomic E-state index is -1.04. The summed E-state index contributed by atoms with van der Waals surface area (Å²) in [5.41, 5.74) is 2.05. The van der Waals surface area contributed by atoms with Gasteiger partial charge in [-0.2, -0.15) is 0 Å². The fourth-order valence-corrected chi connectivity index (χ4v) is 2.55. The fraction of sp³-hybridized carbons (Fsp3) is 0.133. The van der Waals surface area contributed by atoms with E-state index in [-0.39, 0.29) is 0 Å². The molecule has 0 radical (unpaired) electrons. The quantitative estimate of drug-likeness (QED) is 0.871. The molecule has 2 N–H and O–H groups in total. The number of aryl methyl sites for hydroxylation is 1. The van der Waals surface area contributed by atoms with Crippen molar-refractivity contribution in [3.8, 4) is 0 Å². The van der Waals surface area contributed by atoms with Crippen molar-refractivity contribution >= 4 is 34.9 Å². The highest BCUT2D eigenvalue weighted by Gasteiger charge is 2.25. The predicted octanol–water partition coefficient (Wildman–Crippen LogP) is 4.54. The first-order chi connectivity index (χ1) is 9.50. The maximum atomic E-state index is 11.5. The third-order valence-corrected chi connectivity index (χ3v) is 3.64. The minimum Gasteiger partial charge on any atom is -0.479 e. The molecule has 0 saturated heterocycles. The van der Waals surface area contributed by atoms with Gasteiger partial charge in [0.1, 0.15) is 0 Å². The van der Waals surface area contributed by atoms with Gasteiger partial charge in [-0.25, -0.2) is 4.79 Å². The molecule has 1 unspecified atom stereocenters. The van der Waals surface area contributed by atoms with E-state index in [0.29, 0.717) is 15.6 Å². The van der Waals surface area contributed by atoms with E-state index in [1.165, 1.54) is 0 Å². The van der Waals surface area contributed by atoms with Gasteiger partial charge in [-0.1, -0.05) is 47.5 Å². The van der Waals surface area contributed by atoms with Crippen molar-refractivity contribution in [2.75, 3.05) is 5.32 Å². The van der Waals surface area contributed by atoms with Crippen molar-refractivity contribution in [2.24, 2.45) is 0 Å². The number of anilines is 1. The second-order valence-electron chi connectivity index (χ2n) is 4.37. The van der Waals surface area contributed by atoms with Gasteiger partial charge in [-0.3, -0.25) is 0 Å². The molecule has 5 heteroatoms. The fourth-order valence-electron chi connectivity index (χ4n) is 1.93. The van der Waals surface area contributed by atoms with Crippen LogP contribution in [0, 0.1) is 6.92 Å². The van der Waals surface area contributed by atoms with Gasteiger partial charge < -0.3 is 10.4 Å². The predicted molar refractivity (Wildman–Crippen MR) is 81.6 cm³/mol. The van der Waals surface area contributed by atoms with Gasteiger partial charge >= 0.3 is 5.97 Å². The van der Waals surface area contributed by atoms with Gasteiger partial charge in [0.2, 0.25) is 0 Å². The molecule has 3 nitrogen and oxygen atoms in total. The summed E-state index contributed by atoms with van der Waals surface area (Å²) < 4.78 is 0. The molecule has 0 fully saturated rings. The molecular formula is C15H13Cl2NO2. The lowest BCUT2D eigenvalue weighted by Gasteiger charge is -2.19. The summed E-state index contributed by atoms with van der Waals surface area (Å²) in [6.45, 7) is 1.90. The zero-order valence-corrected chi connectivity index (χ0v) is 12.2. The summed E-state index contributed by atoms with van der Waals surface area (Å²) in [7, 11) is 0. The molecule has 2 aromatic rings. The Labute approximate surface area is 127 Å². The summed E-state index contributed by atoms with van der Waals surface area (Å²) in [6, 6.07) is 11.4. The number of hydrogen-bond donors (Lipinski definition) is 2. The normalized spacial score (nSPS) is 11.9. The molecule has 20 heavy (non-hydrogen) atoms. The highest BCUT2D eigenvalue weighted by molar-refractivity contribution is 6.36. The van der Waals surface area contributed by atoms with Crippen LogP contribution in [0.4, 0.5) is 5.69 Å². The highest BCUT2D eigenvalue weighted by atomic mass is 35.5. The van der Waals surface area contributed by atoms with Crippen LogP contribution >= 0.6 is 23.2 Å². The van der Waals surface area contributed by atoms with E-state index < -0.39 is 12.0 Å². The Balaban J connectivity index is 2.43. The van der Waals surface area contributed by atoms with Crippen molar-refractivity contribution in [2.45, 2.75) is 13.0 Å². The van der Waals surface area contributed by atoms with E-state index in [4.69, 9.17) is 23.2 Å². The van der Waals surface area contributed by atoms with Crippen LogP contribution in [0.3, 0.4) is 0 Å². The number of halogens is 2. The van der Waals surface area contributed by atoms with E-state index in [9.17, 15) is 9.90 Å². The smallest absolute Gasteiger partial charge is 0.330 e. The van der Waals surface area contributed by atoms with Crippen LogP contribution < -0.4 is 5.32 Å². The Morgan fingerprint density at radius 2 is 1.70 bits per heavy atom. The van der Waals surface area contributed by atoms with E-state index in [1.807, 2.05) is 31.2 Å². The van der Waals surface area contributed by atoms with Crippen LogP contribution in [0.25, 0.3) is 0 Å². The molecular weight excluding hydrogens is 297 g/mol. The van der Waals surface area contributed by atoms with Crippen molar-refractivity contribution in [1.29, 1.82) is 0 Å². The van der Waals surface area contributed by atoms with Crippen molar-refractivity contribution < 1.29 is 9.90 Å². The summed E-state index contributed by atoms with van der Waals surface area (Å²) in [5, 5.41) is 13.1. The molecule has 0 saturated carbocycles. The Hall–Kier alpha value is -1.71. The minimum absolute atomic E-state index is 0.325.